The number of rotatable bonds is 1. The predicted octanol–water partition coefficient (Wildman–Crippen LogP) is 2.50. The maximum absolute atomic E-state index is 5.70. The molecule has 0 spiro atoms. The van der Waals surface area contributed by atoms with Gasteiger partial charge in [0.15, 0.2) is 0 Å². The molecule has 2 N–H and O–H groups in total. The van der Waals surface area contributed by atoms with Crippen molar-refractivity contribution in [2.75, 3.05) is 0 Å². The molecule has 2 rings (SSSR count). The van der Waals surface area contributed by atoms with Crippen molar-refractivity contribution >= 4 is 40.7 Å². The fourth-order valence-corrected chi connectivity index (χ4v) is 1.44. The van der Waals surface area contributed by atoms with Crippen molar-refractivity contribution in [1.29, 1.82) is 0 Å². The summed E-state index contributed by atoms with van der Waals surface area (Å²) in [5, 5.41) is 0. The number of pyridine rings is 1. The van der Waals surface area contributed by atoms with Gasteiger partial charge in [0.1, 0.15) is 4.60 Å². The van der Waals surface area contributed by atoms with E-state index >= 15 is 0 Å². The van der Waals surface area contributed by atoms with Crippen LogP contribution in [-0.2, 0) is 0 Å². The lowest BCUT2D eigenvalue weighted by Crippen LogP contribution is -2.00. The summed E-state index contributed by atoms with van der Waals surface area (Å²) in [6.45, 7) is 0. The summed E-state index contributed by atoms with van der Waals surface area (Å²) >= 11 is 3.29. The third kappa shape index (κ3) is 3.09. The minimum atomic E-state index is 0. The molecule has 0 radical (unpaired) electrons. The molecule has 2 unspecified atom stereocenters. The molecule has 0 saturated heterocycles. The number of aromatic nitrogens is 1. The third-order valence-corrected chi connectivity index (χ3v) is 2.49. The highest BCUT2D eigenvalue weighted by molar-refractivity contribution is 9.10. The number of nitrogens with two attached hydrogens (primary N) is 1. The van der Waals surface area contributed by atoms with Crippen molar-refractivity contribution < 1.29 is 0 Å². The van der Waals surface area contributed by atoms with Gasteiger partial charge in [0.25, 0.3) is 0 Å². The first kappa shape index (κ1) is 13.2. The van der Waals surface area contributed by atoms with Crippen LogP contribution in [0.25, 0.3) is 0 Å². The monoisotopic (exact) mass is 284 g/mol. The Bertz CT molecular complexity index is 265. The lowest BCUT2D eigenvalue weighted by molar-refractivity contribution is 0.978. The molecule has 1 aromatic heterocycles. The molecule has 74 valence electrons. The van der Waals surface area contributed by atoms with Gasteiger partial charge in [-0.05, 0) is 34.0 Å². The molecular weight excluding hydrogens is 275 g/mol. The lowest BCUT2D eigenvalue weighted by atomic mass is 10.2. The highest BCUT2D eigenvalue weighted by Crippen LogP contribution is 2.38. The van der Waals surface area contributed by atoms with E-state index in [1.807, 2.05) is 12.3 Å². The molecule has 1 saturated carbocycles. The van der Waals surface area contributed by atoms with Crippen molar-refractivity contribution in [3.8, 4) is 0 Å². The summed E-state index contributed by atoms with van der Waals surface area (Å²) in [5.41, 5.74) is 6.96. The standard InChI is InChI=1S/C8H9BrN2.2ClH/c9-8-2-1-5(4-11-8)6-3-7(6)10;;/h1-2,4,6-7H,3,10H2;2*1H. The van der Waals surface area contributed by atoms with Crippen LogP contribution in [0, 0.1) is 0 Å². The Morgan fingerprint density at radius 1 is 1.38 bits per heavy atom. The topological polar surface area (TPSA) is 38.9 Å². The second kappa shape index (κ2) is 5.15. The zero-order valence-corrected chi connectivity index (χ0v) is 10.0. The van der Waals surface area contributed by atoms with E-state index in [-0.39, 0.29) is 24.8 Å². The van der Waals surface area contributed by atoms with Crippen LogP contribution >= 0.6 is 40.7 Å². The molecular formula is C8H11BrCl2N2. The number of nitrogens with zero attached hydrogens (tertiary/aromatic N) is 1. The van der Waals surface area contributed by atoms with Gasteiger partial charge in [-0.1, -0.05) is 6.07 Å². The molecule has 1 fully saturated rings. The third-order valence-electron chi connectivity index (χ3n) is 2.02. The first-order chi connectivity index (χ1) is 5.27. The molecule has 2 atom stereocenters. The molecule has 1 heterocycles. The van der Waals surface area contributed by atoms with Crippen molar-refractivity contribution in [3.05, 3.63) is 28.5 Å². The van der Waals surface area contributed by atoms with E-state index in [0.717, 1.165) is 11.0 Å². The zero-order valence-electron chi connectivity index (χ0n) is 6.81. The van der Waals surface area contributed by atoms with E-state index in [1.54, 1.807) is 0 Å². The van der Waals surface area contributed by atoms with Crippen LogP contribution in [0.5, 0.6) is 0 Å². The van der Waals surface area contributed by atoms with Gasteiger partial charge in [-0.15, -0.1) is 24.8 Å². The summed E-state index contributed by atoms with van der Waals surface area (Å²) in [7, 11) is 0. The maximum atomic E-state index is 5.70. The Morgan fingerprint density at radius 3 is 2.38 bits per heavy atom. The van der Waals surface area contributed by atoms with Gasteiger partial charge in [0, 0.05) is 18.2 Å². The van der Waals surface area contributed by atoms with Crippen LogP contribution in [0.3, 0.4) is 0 Å². The summed E-state index contributed by atoms with van der Waals surface area (Å²) in [4.78, 5) is 4.14. The van der Waals surface area contributed by atoms with Gasteiger partial charge in [-0.2, -0.15) is 0 Å². The van der Waals surface area contributed by atoms with Gasteiger partial charge in [-0.3, -0.25) is 0 Å². The van der Waals surface area contributed by atoms with E-state index in [9.17, 15) is 0 Å². The maximum Gasteiger partial charge on any atom is 0.106 e. The minimum absolute atomic E-state index is 0. The molecule has 0 aliphatic heterocycles. The summed E-state index contributed by atoms with van der Waals surface area (Å²) in [6, 6.07) is 4.41. The molecule has 5 heteroatoms. The average Bonchev–Trinajstić information content (AvgIpc) is 2.69. The van der Waals surface area contributed by atoms with Gasteiger partial charge < -0.3 is 5.73 Å². The van der Waals surface area contributed by atoms with E-state index in [1.165, 1.54) is 5.56 Å². The van der Waals surface area contributed by atoms with E-state index < -0.39 is 0 Å². The van der Waals surface area contributed by atoms with E-state index in [2.05, 4.69) is 27.0 Å². The van der Waals surface area contributed by atoms with Gasteiger partial charge in [0.2, 0.25) is 0 Å². The molecule has 1 aliphatic carbocycles. The molecule has 0 aromatic carbocycles. The first-order valence-electron chi connectivity index (χ1n) is 3.64. The molecule has 1 aromatic rings. The van der Waals surface area contributed by atoms with Gasteiger partial charge >= 0.3 is 0 Å². The normalized spacial score (nSPS) is 24.2. The highest BCUT2D eigenvalue weighted by Gasteiger charge is 2.34. The highest BCUT2D eigenvalue weighted by atomic mass is 79.9. The van der Waals surface area contributed by atoms with Crippen LogP contribution < -0.4 is 5.73 Å². The Kier molecular flexibility index (Phi) is 5.22. The van der Waals surface area contributed by atoms with Crippen molar-refractivity contribution in [2.45, 2.75) is 18.4 Å². The second-order valence-electron chi connectivity index (χ2n) is 2.92. The molecule has 13 heavy (non-hydrogen) atoms. The molecule has 0 amide bonds. The Hall–Kier alpha value is 0.170. The van der Waals surface area contributed by atoms with Crippen molar-refractivity contribution in [2.24, 2.45) is 5.73 Å². The Balaban J connectivity index is 0.000000720. The predicted molar refractivity (Wildman–Crippen MR) is 61.8 cm³/mol. The first-order valence-corrected chi connectivity index (χ1v) is 4.43. The number of hydrogen-bond acceptors (Lipinski definition) is 2. The SMILES string of the molecule is Cl.Cl.NC1CC1c1ccc(Br)nc1. The van der Waals surface area contributed by atoms with Crippen LogP contribution in [-0.4, -0.2) is 11.0 Å². The van der Waals surface area contributed by atoms with E-state index in [4.69, 9.17) is 5.73 Å². The van der Waals surface area contributed by atoms with Gasteiger partial charge in [-0.25, -0.2) is 4.98 Å². The number of halogens is 3. The van der Waals surface area contributed by atoms with Crippen LogP contribution in [0.2, 0.25) is 0 Å². The minimum Gasteiger partial charge on any atom is -0.327 e. The van der Waals surface area contributed by atoms with E-state index in [0.29, 0.717) is 12.0 Å². The lowest BCUT2D eigenvalue weighted by Gasteiger charge is -1.96. The zero-order chi connectivity index (χ0) is 7.84. The Morgan fingerprint density at radius 2 is 2.00 bits per heavy atom. The average molecular weight is 286 g/mol. The number of hydrogen-bond donors (Lipinski definition) is 1. The van der Waals surface area contributed by atoms with Crippen LogP contribution in [0.1, 0.15) is 17.9 Å². The Labute approximate surface area is 98.3 Å². The van der Waals surface area contributed by atoms with Crippen molar-refractivity contribution in [1.82, 2.24) is 4.98 Å². The molecule has 0 bridgehead atoms. The van der Waals surface area contributed by atoms with Gasteiger partial charge in [0.05, 0.1) is 0 Å². The van der Waals surface area contributed by atoms with Crippen LogP contribution in [0.15, 0.2) is 22.9 Å². The largest absolute Gasteiger partial charge is 0.327 e. The van der Waals surface area contributed by atoms with Crippen molar-refractivity contribution in [3.63, 3.8) is 0 Å². The summed E-state index contributed by atoms with van der Waals surface area (Å²) in [5.74, 6) is 0.565. The van der Waals surface area contributed by atoms with Crippen LogP contribution in [0.4, 0.5) is 0 Å². The molecule has 1 aliphatic rings. The molecule has 2 nitrogen and oxygen atoms in total. The fraction of sp³-hybridized carbons (Fsp3) is 0.375. The second-order valence-corrected chi connectivity index (χ2v) is 3.73. The smallest absolute Gasteiger partial charge is 0.106 e. The summed E-state index contributed by atoms with van der Waals surface area (Å²) in [6.07, 6.45) is 3.00. The summed E-state index contributed by atoms with van der Waals surface area (Å²) < 4.78 is 0.885. The quantitative estimate of drug-likeness (QED) is 0.806. The fourth-order valence-electron chi connectivity index (χ4n) is 1.20.